The maximum atomic E-state index is 10.7. The molecule has 3 nitrogen and oxygen atoms in total. The van der Waals surface area contributed by atoms with Crippen molar-refractivity contribution < 1.29 is 14.6 Å². The lowest BCUT2D eigenvalue weighted by Crippen LogP contribution is -2.13. The first-order chi connectivity index (χ1) is 9.58. The van der Waals surface area contributed by atoms with Crippen LogP contribution in [0.3, 0.4) is 0 Å². The topological polar surface area (TPSA) is 46.5 Å². The van der Waals surface area contributed by atoms with Crippen LogP contribution in [0, 0.1) is 0 Å². The van der Waals surface area contributed by atoms with Crippen LogP contribution in [0.5, 0.6) is 0 Å². The average molecular weight is 311 g/mol. The van der Waals surface area contributed by atoms with Gasteiger partial charge in [-0.1, -0.05) is 59.6 Å². The second-order valence-electron chi connectivity index (χ2n) is 4.16. The summed E-state index contributed by atoms with van der Waals surface area (Å²) in [5.41, 5.74) is 1.52. The molecule has 2 aromatic rings. The standard InChI is InChI=1S/C15H12Cl2O3/c16-11-6-7-12(13(17)8-11)15(20-9-14(18)19)10-4-2-1-3-5-10/h1-8,15H,9H2,(H,18,19). The molecule has 0 heterocycles. The summed E-state index contributed by atoms with van der Waals surface area (Å²) in [5, 5.41) is 9.75. The summed E-state index contributed by atoms with van der Waals surface area (Å²) < 4.78 is 5.47. The summed E-state index contributed by atoms with van der Waals surface area (Å²) in [4.78, 5) is 10.7. The predicted octanol–water partition coefficient (Wildman–Crippen LogP) is 4.18. The highest BCUT2D eigenvalue weighted by Crippen LogP contribution is 2.32. The molecule has 1 N–H and O–H groups in total. The highest BCUT2D eigenvalue weighted by molar-refractivity contribution is 6.35. The van der Waals surface area contributed by atoms with Crippen LogP contribution in [-0.4, -0.2) is 17.7 Å². The number of rotatable bonds is 5. The minimum absolute atomic E-state index is 0.404. The van der Waals surface area contributed by atoms with Gasteiger partial charge < -0.3 is 9.84 Å². The lowest BCUT2D eigenvalue weighted by molar-refractivity contribution is -0.143. The second kappa shape index (κ2) is 6.75. The zero-order chi connectivity index (χ0) is 14.5. The van der Waals surface area contributed by atoms with E-state index in [1.54, 1.807) is 18.2 Å². The van der Waals surface area contributed by atoms with Gasteiger partial charge in [-0.3, -0.25) is 0 Å². The molecule has 0 amide bonds. The summed E-state index contributed by atoms with van der Waals surface area (Å²) in [6, 6.07) is 14.4. The summed E-state index contributed by atoms with van der Waals surface area (Å²) in [6.07, 6.45) is -0.544. The van der Waals surface area contributed by atoms with E-state index in [1.165, 1.54) is 0 Å². The van der Waals surface area contributed by atoms with Gasteiger partial charge in [0.1, 0.15) is 12.7 Å². The minimum Gasteiger partial charge on any atom is -0.480 e. The summed E-state index contributed by atoms with van der Waals surface area (Å²) in [6.45, 7) is -0.404. The molecule has 0 fully saturated rings. The minimum atomic E-state index is -1.03. The molecular formula is C15H12Cl2O3. The molecule has 0 aliphatic rings. The highest BCUT2D eigenvalue weighted by Gasteiger charge is 2.19. The Bertz CT molecular complexity index is 599. The number of benzene rings is 2. The molecule has 0 aliphatic heterocycles. The molecule has 0 saturated carbocycles. The number of hydrogen-bond donors (Lipinski definition) is 1. The molecule has 0 spiro atoms. The summed E-state index contributed by atoms with van der Waals surface area (Å²) in [5.74, 6) is -1.03. The molecule has 104 valence electrons. The van der Waals surface area contributed by atoms with Gasteiger partial charge in [0.15, 0.2) is 0 Å². The monoisotopic (exact) mass is 310 g/mol. The molecule has 20 heavy (non-hydrogen) atoms. The van der Waals surface area contributed by atoms with Gasteiger partial charge in [0.25, 0.3) is 0 Å². The molecule has 1 unspecified atom stereocenters. The van der Waals surface area contributed by atoms with Gasteiger partial charge in [0, 0.05) is 15.6 Å². The normalized spacial score (nSPS) is 12.1. The number of carboxylic acids is 1. The Labute approximate surface area is 126 Å². The van der Waals surface area contributed by atoms with Gasteiger partial charge in [0.05, 0.1) is 0 Å². The number of carboxylic acid groups (broad SMARTS) is 1. The smallest absolute Gasteiger partial charge is 0.329 e. The highest BCUT2D eigenvalue weighted by atomic mass is 35.5. The maximum absolute atomic E-state index is 10.7. The van der Waals surface area contributed by atoms with Crippen LogP contribution in [0.4, 0.5) is 0 Å². The summed E-state index contributed by atoms with van der Waals surface area (Å²) >= 11 is 12.1. The van der Waals surface area contributed by atoms with Gasteiger partial charge in [-0.25, -0.2) is 4.79 Å². The van der Waals surface area contributed by atoms with E-state index in [9.17, 15) is 4.79 Å². The molecule has 0 aliphatic carbocycles. The number of ether oxygens (including phenoxy) is 1. The Balaban J connectivity index is 2.37. The van der Waals surface area contributed by atoms with E-state index in [2.05, 4.69) is 0 Å². The van der Waals surface area contributed by atoms with Gasteiger partial charge in [0.2, 0.25) is 0 Å². The van der Waals surface area contributed by atoms with Crippen molar-refractivity contribution in [3.05, 3.63) is 69.7 Å². The van der Waals surface area contributed by atoms with Crippen LogP contribution in [0.2, 0.25) is 10.0 Å². The van der Waals surface area contributed by atoms with Crippen LogP contribution in [0.25, 0.3) is 0 Å². The van der Waals surface area contributed by atoms with Gasteiger partial charge >= 0.3 is 5.97 Å². The van der Waals surface area contributed by atoms with Crippen molar-refractivity contribution in [2.75, 3.05) is 6.61 Å². The van der Waals surface area contributed by atoms with Crippen LogP contribution in [-0.2, 0) is 9.53 Å². The van der Waals surface area contributed by atoms with Gasteiger partial charge in [-0.15, -0.1) is 0 Å². The lowest BCUT2D eigenvalue weighted by Gasteiger charge is -2.19. The molecule has 0 bridgehead atoms. The second-order valence-corrected chi connectivity index (χ2v) is 5.00. The van der Waals surface area contributed by atoms with Crippen molar-refractivity contribution in [3.63, 3.8) is 0 Å². The third-order valence-electron chi connectivity index (χ3n) is 2.72. The molecule has 2 rings (SSSR count). The number of carbonyl (C=O) groups is 1. The SMILES string of the molecule is O=C(O)COC(c1ccccc1)c1ccc(Cl)cc1Cl. The Morgan fingerprint density at radius 1 is 1.15 bits per heavy atom. The van der Waals surface area contributed by atoms with E-state index in [0.29, 0.717) is 15.6 Å². The van der Waals surface area contributed by atoms with E-state index in [1.807, 2.05) is 30.3 Å². The van der Waals surface area contributed by atoms with E-state index in [-0.39, 0.29) is 0 Å². The molecule has 0 radical (unpaired) electrons. The molecule has 0 saturated heterocycles. The van der Waals surface area contributed by atoms with Crippen molar-refractivity contribution in [2.24, 2.45) is 0 Å². The zero-order valence-corrected chi connectivity index (χ0v) is 11.9. The first-order valence-electron chi connectivity index (χ1n) is 5.91. The van der Waals surface area contributed by atoms with Crippen molar-refractivity contribution >= 4 is 29.2 Å². The third-order valence-corrected chi connectivity index (χ3v) is 3.28. The fourth-order valence-electron chi connectivity index (χ4n) is 1.86. The third kappa shape index (κ3) is 3.73. The fraction of sp³-hybridized carbons (Fsp3) is 0.133. The number of hydrogen-bond acceptors (Lipinski definition) is 2. The average Bonchev–Trinajstić information content (AvgIpc) is 2.42. The number of halogens is 2. The predicted molar refractivity (Wildman–Crippen MR) is 78.3 cm³/mol. The first-order valence-corrected chi connectivity index (χ1v) is 6.67. The Kier molecular flexibility index (Phi) is 5.01. The lowest BCUT2D eigenvalue weighted by atomic mass is 10.0. The first kappa shape index (κ1) is 14.9. The molecule has 1 atom stereocenters. The fourth-order valence-corrected chi connectivity index (χ4v) is 2.37. The Hall–Kier alpha value is -1.55. The van der Waals surface area contributed by atoms with Crippen LogP contribution in [0.15, 0.2) is 48.5 Å². The van der Waals surface area contributed by atoms with Crippen LogP contribution < -0.4 is 0 Å². The quantitative estimate of drug-likeness (QED) is 0.901. The van der Waals surface area contributed by atoms with Gasteiger partial charge in [-0.05, 0) is 17.7 Å². The van der Waals surface area contributed by atoms with E-state index < -0.39 is 18.7 Å². The van der Waals surface area contributed by atoms with Crippen molar-refractivity contribution in [1.29, 1.82) is 0 Å². The Morgan fingerprint density at radius 2 is 1.85 bits per heavy atom. The van der Waals surface area contributed by atoms with Crippen LogP contribution in [0.1, 0.15) is 17.2 Å². The molecule has 2 aromatic carbocycles. The number of aliphatic carboxylic acids is 1. The zero-order valence-electron chi connectivity index (χ0n) is 10.4. The summed E-state index contributed by atoms with van der Waals surface area (Å²) in [7, 11) is 0. The van der Waals surface area contributed by atoms with Gasteiger partial charge in [-0.2, -0.15) is 0 Å². The van der Waals surface area contributed by atoms with Crippen LogP contribution >= 0.6 is 23.2 Å². The molecule has 5 heteroatoms. The Morgan fingerprint density at radius 3 is 2.45 bits per heavy atom. The van der Waals surface area contributed by atoms with Crippen molar-refractivity contribution in [1.82, 2.24) is 0 Å². The molecular weight excluding hydrogens is 299 g/mol. The van der Waals surface area contributed by atoms with Crippen molar-refractivity contribution in [3.8, 4) is 0 Å². The largest absolute Gasteiger partial charge is 0.480 e. The molecule has 0 aromatic heterocycles. The maximum Gasteiger partial charge on any atom is 0.329 e. The van der Waals surface area contributed by atoms with E-state index in [4.69, 9.17) is 33.0 Å². The van der Waals surface area contributed by atoms with E-state index in [0.717, 1.165) is 5.56 Å². The van der Waals surface area contributed by atoms with Crippen molar-refractivity contribution in [2.45, 2.75) is 6.10 Å². The van der Waals surface area contributed by atoms with E-state index >= 15 is 0 Å².